The number of hydrogen-bond donors (Lipinski definition) is 0. The van der Waals surface area contributed by atoms with Gasteiger partial charge < -0.3 is 9.30 Å². The Bertz CT molecular complexity index is 1450. The molecule has 1 heterocycles. The lowest BCUT2D eigenvalue weighted by molar-refractivity contribution is -0.137. The number of nitriles is 1. The van der Waals surface area contributed by atoms with Gasteiger partial charge in [-0.05, 0) is 55.0 Å². The van der Waals surface area contributed by atoms with Crippen LogP contribution >= 0.6 is 0 Å². The van der Waals surface area contributed by atoms with Crippen molar-refractivity contribution in [3.8, 4) is 23.2 Å². The minimum absolute atomic E-state index is 0.144. The van der Waals surface area contributed by atoms with Crippen LogP contribution in [0, 0.1) is 11.3 Å². The second-order valence-electron chi connectivity index (χ2n) is 8.08. The van der Waals surface area contributed by atoms with Crippen molar-refractivity contribution in [2.75, 3.05) is 7.11 Å². The summed E-state index contributed by atoms with van der Waals surface area (Å²) in [7, 11) is 1.59. The van der Waals surface area contributed by atoms with Crippen LogP contribution in [0.1, 0.15) is 46.8 Å². The number of halogens is 3. The van der Waals surface area contributed by atoms with Crippen molar-refractivity contribution in [1.82, 2.24) is 9.55 Å². The maximum atomic E-state index is 13.4. The summed E-state index contributed by atoms with van der Waals surface area (Å²) in [5, 5.41) is 9.01. The highest BCUT2D eigenvalue weighted by molar-refractivity contribution is 6.10. The van der Waals surface area contributed by atoms with Crippen LogP contribution in [0.2, 0.25) is 0 Å². The first-order valence-corrected chi connectivity index (χ1v) is 11.1. The third-order valence-electron chi connectivity index (χ3n) is 5.78. The zero-order chi connectivity index (χ0) is 25.2. The van der Waals surface area contributed by atoms with Gasteiger partial charge in [0.25, 0.3) is 0 Å². The van der Waals surface area contributed by atoms with E-state index in [4.69, 9.17) is 15.0 Å². The van der Waals surface area contributed by atoms with Gasteiger partial charge in [-0.3, -0.25) is 4.79 Å². The smallest absolute Gasteiger partial charge is 0.417 e. The number of ketones is 1. The zero-order valence-corrected chi connectivity index (χ0v) is 19.2. The molecule has 0 spiro atoms. The summed E-state index contributed by atoms with van der Waals surface area (Å²) in [6.45, 7) is 2.81. The predicted molar refractivity (Wildman–Crippen MR) is 126 cm³/mol. The van der Waals surface area contributed by atoms with Gasteiger partial charge in [0.05, 0.1) is 35.3 Å². The SMILES string of the molecule is CCCCn1c(-c2cccc(OC)c2)nc2cc(C(=O)c3ccc(C#N)c(C(F)(F)F)c3)ccc21. The van der Waals surface area contributed by atoms with E-state index in [0.717, 1.165) is 48.4 Å². The molecule has 178 valence electrons. The molecular formula is C27H22F3N3O2. The van der Waals surface area contributed by atoms with E-state index in [0.29, 0.717) is 11.3 Å². The van der Waals surface area contributed by atoms with E-state index in [1.54, 1.807) is 25.3 Å². The standard InChI is InChI=1S/C27H22F3N3O2/c1-3-4-12-33-24-11-10-18(15-23(24)32-26(33)19-6-5-7-21(13-19)35-2)25(34)17-8-9-20(16-31)22(14-17)27(28,29)30/h5-11,13-15H,3-4,12H2,1-2H3. The summed E-state index contributed by atoms with van der Waals surface area (Å²) >= 11 is 0. The monoisotopic (exact) mass is 477 g/mol. The lowest BCUT2D eigenvalue weighted by Gasteiger charge is -2.11. The number of carbonyl (C=O) groups excluding carboxylic acids is 1. The lowest BCUT2D eigenvalue weighted by Crippen LogP contribution is -2.11. The third kappa shape index (κ3) is 4.76. The van der Waals surface area contributed by atoms with E-state index in [1.807, 2.05) is 24.3 Å². The van der Waals surface area contributed by atoms with Crippen LogP contribution in [-0.2, 0) is 12.7 Å². The second-order valence-corrected chi connectivity index (χ2v) is 8.08. The largest absolute Gasteiger partial charge is 0.497 e. The molecular weight excluding hydrogens is 455 g/mol. The highest BCUT2D eigenvalue weighted by Gasteiger charge is 2.34. The van der Waals surface area contributed by atoms with E-state index in [-0.39, 0.29) is 11.1 Å². The summed E-state index contributed by atoms with van der Waals surface area (Å²) in [5.74, 6) is 0.830. The Kier molecular flexibility index (Phi) is 6.61. The van der Waals surface area contributed by atoms with E-state index >= 15 is 0 Å². The molecule has 3 aromatic carbocycles. The van der Waals surface area contributed by atoms with Crippen molar-refractivity contribution >= 4 is 16.8 Å². The molecule has 0 unspecified atom stereocenters. The molecule has 0 aliphatic heterocycles. The molecule has 0 amide bonds. The molecule has 0 aliphatic rings. The summed E-state index contributed by atoms with van der Waals surface area (Å²) in [6.07, 6.45) is -2.84. The number of ether oxygens (including phenoxy) is 1. The number of unbranched alkanes of at least 4 members (excludes halogenated alkanes) is 1. The van der Waals surface area contributed by atoms with Gasteiger partial charge in [0.2, 0.25) is 0 Å². The number of aryl methyl sites for hydroxylation is 1. The molecule has 0 saturated heterocycles. The topological polar surface area (TPSA) is 67.9 Å². The van der Waals surface area contributed by atoms with Crippen LogP contribution in [0.5, 0.6) is 5.75 Å². The van der Waals surface area contributed by atoms with Crippen LogP contribution in [0.4, 0.5) is 13.2 Å². The predicted octanol–water partition coefficient (Wildman–Crippen LogP) is 6.63. The zero-order valence-electron chi connectivity index (χ0n) is 19.2. The molecule has 0 radical (unpaired) electrons. The maximum absolute atomic E-state index is 13.4. The van der Waals surface area contributed by atoms with Gasteiger partial charge >= 0.3 is 6.18 Å². The van der Waals surface area contributed by atoms with Gasteiger partial charge in [-0.1, -0.05) is 25.5 Å². The van der Waals surface area contributed by atoms with E-state index < -0.39 is 23.1 Å². The molecule has 0 N–H and O–H groups in total. The number of alkyl halides is 3. The molecule has 0 bridgehead atoms. The van der Waals surface area contributed by atoms with Crippen molar-refractivity contribution in [2.24, 2.45) is 0 Å². The fraction of sp³-hybridized carbons (Fsp3) is 0.222. The number of benzene rings is 3. The van der Waals surface area contributed by atoms with Crippen LogP contribution in [-0.4, -0.2) is 22.4 Å². The first-order valence-electron chi connectivity index (χ1n) is 11.1. The van der Waals surface area contributed by atoms with Crippen LogP contribution in [0.25, 0.3) is 22.4 Å². The number of hydrogen-bond acceptors (Lipinski definition) is 4. The molecule has 1 aromatic heterocycles. The number of methoxy groups -OCH3 is 1. The molecule has 0 fully saturated rings. The first kappa shape index (κ1) is 24.0. The molecule has 4 rings (SSSR count). The van der Waals surface area contributed by atoms with Gasteiger partial charge in [-0.2, -0.15) is 18.4 Å². The van der Waals surface area contributed by atoms with Gasteiger partial charge in [-0.25, -0.2) is 4.98 Å². The second kappa shape index (κ2) is 9.63. The van der Waals surface area contributed by atoms with Crippen LogP contribution in [0.3, 0.4) is 0 Å². The van der Waals surface area contributed by atoms with Crippen molar-refractivity contribution in [3.05, 3.63) is 82.9 Å². The minimum Gasteiger partial charge on any atom is -0.497 e. The summed E-state index contributed by atoms with van der Waals surface area (Å²) in [6, 6.07) is 17.0. The van der Waals surface area contributed by atoms with Crippen molar-refractivity contribution in [2.45, 2.75) is 32.5 Å². The van der Waals surface area contributed by atoms with E-state index in [2.05, 4.69) is 11.5 Å². The number of carbonyl (C=O) groups is 1. The maximum Gasteiger partial charge on any atom is 0.417 e. The Morgan fingerprint density at radius 3 is 2.51 bits per heavy atom. The highest BCUT2D eigenvalue weighted by atomic mass is 19.4. The number of nitrogens with zero attached hydrogens (tertiary/aromatic N) is 3. The quantitative estimate of drug-likeness (QED) is 0.280. The van der Waals surface area contributed by atoms with E-state index in [1.165, 1.54) is 12.1 Å². The Labute approximate surface area is 200 Å². The molecule has 8 heteroatoms. The number of fused-ring (bicyclic) bond motifs is 1. The van der Waals surface area contributed by atoms with Gasteiger partial charge in [0, 0.05) is 23.2 Å². The Morgan fingerprint density at radius 2 is 1.83 bits per heavy atom. The summed E-state index contributed by atoms with van der Waals surface area (Å²) in [5.41, 5.74) is 0.657. The Balaban J connectivity index is 1.80. The molecule has 0 saturated carbocycles. The number of aromatic nitrogens is 2. The summed E-state index contributed by atoms with van der Waals surface area (Å²) in [4.78, 5) is 17.8. The van der Waals surface area contributed by atoms with Crippen molar-refractivity contribution in [1.29, 1.82) is 5.26 Å². The fourth-order valence-corrected chi connectivity index (χ4v) is 3.98. The van der Waals surface area contributed by atoms with Gasteiger partial charge in [-0.15, -0.1) is 0 Å². The Hall–Kier alpha value is -4.12. The number of rotatable bonds is 7. The van der Waals surface area contributed by atoms with Gasteiger partial charge in [0.1, 0.15) is 11.6 Å². The highest BCUT2D eigenvalue weighted by Crippen LogP contribution is 2.33. The number of imidazole rings is 1. The summed E-state index contributed by atoms with van der Waals surface area (Å²) < 4.78 is 47.5. The lowest BCUT2D eigenvalue weighted by atomic mass is 9.98. The molecule has 4 aromatic rings. The third-order valence-corrected chi connectivity index (χ3v) is 5.78. The minimum atomic E-state index is -4.74. The fourth-order valence-electron chi connectivity index (χ4n) is 3.98. The molecule has 0 aliphatic carbocycles. The molecule has 35 heavy (non-hydrogen) atoms. The van der Waals surface area contributed by atoms with Crippen molar-refractivity contribution < 1.29 is 22.7 Å². The molecule has 0 atom stereocenters. The van der Waals surface area contributed by atoms with Crippen LogP contribution < -0.4 is 4.74 Å². The molecule has 5 nitrogen and oxygen atoms in total. The first-order chi connectivity index (χ1) is 16.8. The van der Waals surface area contributed by atoms with E-state index in [9.17, 15) is 18.0 Å². The van der Waals surface area contributed by atoms with Crippen molar-refractivity contribution in [3.63, 3.8) is 0 Å². The Morgan fingerprint density at radius 1 is 1.09 bits per heavy atom. The normalized spacial score (nSPS) is 11.4. The average Bonchev–Trinajstić information content (AvgIpc) is 3.23. The van der Waals surface area contributed by atoms with Crippen LogP contribution in [0.15, 0.2) is 60.7 Å². The average molecular weight is 477 g/mol. The van der Waals surface area contributed by atoms with Gasteiger partial charge in [0.15, 0.2) is 5.78 Å².